The van der Waals surface area contributed by atoms with Gasteiger partial charge in [0.2, 0.25) is 10.0 Å². The number of hydrogen-bond acceptors (Lipinski definition) is 6. The molecule has 0 saturated carbocycles. The Balaban J connectivity index is 0.00000364. The van der Waals surface area contributed by atoms with Crippen molar-refractivity contribution in [1.82, 2.24) is 4.98 Å². The number of rotatable bonds is 11. The van der Waals surface area contributed by atoms with E-state index in [-0.39, 0.29) is 32.7 Å². The van der Waals surface area contributed by atoms with E-state index in [2.05, 4.69) is 18.1 Å². The molecule has 1 aromatic carbocycles. The maximum atomic E-state index is 12.2. The smallest absolute Gasteiger partial charge is 0.232 e. The Morgan fingerprint density at radius 1 is 1.30 bits per heavy atom. The Hall–Kier alpha value is 0.0139. The van der Waals surface area contributed by atoms with E-state index in [0.717, 1.165) is 41.3 Å². The largest absolute Gasteiger partial charge is 0.437 e. The third kappa shape index (κ3) is 8.50. The van der Waals surface area contributed by atoms with E-state index in [1.54, 1.807) is 23.9 Å². The Labute approximate surface area is 195 Å². The number of aliphatic hydroxyl groups is 1. The number of hydrogen-bond donors (Lipinski definition) is 1. The first-order valence-electron chi connectivity index (χ1n) is 8.62. The zero-order valence-corrected chi connectivity index (χ0v) is 21.0. The van der Waals surface area contributed by atoms with Gasteiger partial charge in [0.15, 0.2) is 0 Å². The monoisotopic (exact) mass is 502 g/mol. The summed E-state index contributed by atoms with van der Waals surface area (Å²) >= 11 is 3.14. The molecule has 0 aliphatic carbocycles. The number of thiazole rings is 1. The summed E-state index contributed by atoms with van der Waals surface area (Å²) in [5.74, 6) is 0.793. The quantitative estimate of drug-likeness (QED) is 0.285. The summed E-state index contributed by atoms with van der Waals surface area (Å²) in [4.78, 5) is 4.09. The summed E-state index contributed by atoms with van der Waals surface area (Å²) in [6, 6.07) is 7.17. The topological polar surface area (TPSA) is 70.5 Å². The van der Waals surface area contributed by atoms with Gasteiger partial charge in [-0.25, -0.2) is 19.8 Å². The van der Waals surface area contributed by atoms with Crippen LogP contribution in [0.4, 0.5) is 5.69 Å². The molecule has 147 valence electrons. The summed E-state index contributed by atoms with van der Waals surface area (Å²) in [6.45, 7) is 2.50. The first-order valence-corrected chi connectivity index (χ1v) is 12.3. The molecular weight excluding hydrogens is 477 g/mol. The SMILES string of the molecule is CCCCC(O)c1ccc(N(CCCSc2n[c-]cs2)S(C)(=O)=O)cc1.[Y]. The van der Waals surface area contributed by atoms with Crippen molar-refractivity contribution in [3.63, 3.8) is 0 Å². The van der Waals surface area contributed by atoms with Crippen LogP contribution in [-0.4, -0.2) is 37.1 Å². The number of nitrogens with zero attached hydrogens (tertiary/aromatic N) is 2. The standard InChI is InChI=1S/C18H25N2O3S3.Y/c1-3-4-6-17(21)15-7-9-16(10-8-15)20(26(2,22)23)12-5-13-24-18-19-11-14-25-18;/h7-10,14,17,21H,3-6,12-13H2,1-2H3;/q-1;. The number of unbranched alkanes of at least 4 members (excludes halogenated alkanes) is 1. The maximum Gasteiger partial charge on any atom is 0.232 e. The van der Waals surface area contributed by atoms with Gasteiger partial charge in [0.1, 0.15) is 0 Å². The van der Waals surface area contributed by atoms with Crippen molar-refractivity contribution in [1.29, 1.82) is 0 Å². The summed E-state index contributed by atoms with van der Waals surface area (Å²) in [5, 5.41) is 12.0. The molecule has 2 aromatic rings. The van der Waals surface area contributed by atoms with Crippen molar-refractivity contribution in [3.05, 3.63) is 41.4 Å². The number of thioether (sulfide) groups is 1. The van der Waals surface area contributed by atoms with Crippen LogP contribution in [-0.2, 0) is 42.7 Å². The molecule has 1 heterocycles. The van der Waals surface area contributed by atoms with Gasteiger partial charge in [0, 0.05) is 39.3 Å². The number of sulfonamides is 1. The van der Waals surface area contributed by atoms with E-state index in [4.69, 9.17) is 0 Å². The summed E-state index contributed by atoms with van der Waals surface area (Å²) < 4.78 is 26.7. The van der Waals surface area contributed by atoms with E-state index in [0.29, 0.717) is 12.2 Å². The molecule has 0 bridgehead atoms. The fourth-order valence-corrected chi connectivity index (χ4v) is 5.04. The fraction of sp³-hybridized carbons (Fsp3) is 0.500. The van der Waals surface area contributed by atoms with Gasteiger partial charge in [0.05, 0.1) is 18.0 Å². The van der Waals surface area contributed by atoms with E-state index >= 15 is 0 Å². The number of aliphatic hydroxyl groups excluding tert-OH is 1. The fourth-order valence-electron chi connectivity index (χ4n) is 2.53. The average molecular weight is 503 g/mol. The van der Waals surface area contributed by atoms with E-state index < -0.39 is 16.1 Å². The second-order valence-corrected chi connectivity index (χ2v) is 10.1. The van der Waals surface area contributed by atoms with Crippen LogP contribution in [0.2, 0.25) is 0 Å². The Bertz CT molecular complexity index is 753. The van der Waals surface area contributed by atoms with Gasteiger partial charge in [-0.1, -0.05) is 37.3 Å². The second-order valence-electron chi connectivity index (χ2n) is 6.03. The van der Waals surface area contributed by atoms with E-state index in [1.165, 1.54) is 21.9 Å². The number of aromatic nitrogens is 1. The molecular formula is C18H25N2O3S3Y-. The molecule has 0 aliphatic rings. The van der Waals surface area contributed by atoms with Crippen molar-refractivity contribution < 1.29 is 46.2 Å². The second kappa shape index (κ2) is 12.5. The van der Waals surface area contributed by atoms with Gasteiger partial charge in [-0.05, 0) is 40.6 Å². The molecule has 1 radical (unpaired) electrons. The third-order valence-electron chi connectivity index (χ3n) is 3.90. The molecule has 1 atom stereocenters. The van der Waals surface area contributed by atoms with E-state index in [1.807, 2.05) is 17.5 Å². The molecule has 1 aromatic heterocycles. The summed E-state index contributed by atoms with van der Waals surface area (Å²) in [7, 11) is -3.36. The van der Waals surface area contributed by atoms with Crippen LogP contribution < -0.4 is 4.31 Å². The van der Waals surface area contributed by atoms with Crippen molar-refractivity contribution in [2.75, 3.05) is 22.9 Å². The van der Waals surface area contributed by atoms with Crippen LogP contribution in [0.1, 0.15) is 44.3 Å². The van der Waals surface area contributed by atoms with Crippen LogP contribution in [0, 0.1) is 6.20 Å². The summed E-state index contributed by atoms with van der Waals surface area (Å²) in [6.07, 6.45) is 6.94. The van der Waals surface area contributed by atoms with Crippen LogP contribution in [0.3, 0.4) is 0 Å². The number of benzene rings is 1. The molecule has 5 nitrogen and oxygen atoms in total. The van der Waals surface area contributed by atoms with Gasteiger partial charge in [-0.15, -0.1) is 6.20 Å². The maximum absolute atomic E-state index is 12.2. The van der Waals surface area contributed by atoms with Gasteiger partial charge < -0.3 is 10.1 Å². The molecule has 0 amide bonds. The minimum atomic E-state index is -3.36. The third-order valence-corrected chi connectivity index (χ3v) is 7.08. The van der Waals surface area contributed by atoms with Gasteiger partial charge >= 0.3 is 0 Å². The Morgan fingerprint density at radius 3 is 2.56 bits per heavy atom. The normalized spacial score (nSPS) is 12.4. The van der Waals surface area contributed by atoms with Gasteiger partial charge in [0.25, 0.3) is 0 Å². The molecule has 2 rings (SSSR count). The minimum absolute atomic E-state index is 0. The number of anilines is 1. The molecule has 27 heavy (non-hydrogen) atoms. The van der Waals surface area contributed by atoms with Crippen LogP contribution >= 0.6 is 23.1 Å². The molecule has 1 N–H and O–H groups in total. The minimum Gasteiger partial charge on any atom is -0.437 e. The first kappa shape index (κ1) is 25.1. The molecule has 1 unspecified atom stereocenters. The molecule has 9 heteroatoms. The van der Waals surface area contributed by atoms with Crippen LogP contribution in [0.15, 0.2) is 34.0 Å². The predicted molar refractivity (Wildman–Crippen MR) is 109 cm³/mol. The first-order chi connectivity index (χ1) is 12.4. The van der Waals surface area contributed by atoms with Crippen molar-refractivity contribution in [3.8, 4) is 0 Å². The summed E-state index contributed by atoms with van der Waals surface area (Å²) in [5.41, 5.74) is 1.46. The van der Waals surface area contributed by atoms with Crippen LogP contribution in [0.25, 0.3) is 0 Å². The van der Waals surface area contributed by atoms with Gasteiger partial charge in [-0.3, -0.25) is 4.31 Å². The van der Waals surface area contributed by atoms with Crippen molar-refractivity contribution in [2.24, 2.45) is 0 Å². The molecule has 0 fully saturated rings. The van der Waals surface area contributed by atoms with Crippen molar-refractivity contribution in [2.45, 2.75) is 43.1 Å². The zero-order chi connectivity index (χ0) is 19.0. The molecule has 0 spiro atoms. The molecule has 0 saturated heterocycles. The molecule has 0 aliphatic heterocycles. The Morgan fingerprint density at radius 2 is 2.00 bits per heavy atom. The van der Waals surface area contributed by atoms with Gasteiger partial charge in [-0.2, -0.15) is 11.8 Å². The predicted octanol–water partition coefficient (Wildman–Crippen LogP) is 4.11. The van der Waals surface area contributed by atoms with Crippen LogP contribution in [0.5, 0.6) is 0 Å². The van der Waals surface area contributed by atoms with E-state index in [9.17, 15) is 13.5 Å². The average Bonchev–Trinajstić information content (AvgIpc) is 3.12. The Kier molecular flexibility index (Phi) is 11.6. The van der Waals surface area contributed by atoms with Crippen molar-refractivity contribution >= 4 is 38.8 Å². The zero-order valence-electron chi connectivity index (χ0n) is 15.7.